The standard InChI is InChI=1S/C31H36N2O3/c1-35-28-14-15-29-26(22-28)12-13-27(30(29)34)23-33-18-16-32(17-19-33)20-21-36-31(24-8-4-2-5-9-24)25-10-6-3-7-11-25/h2-11,14-15,22,27,31H,12-13,16-21,23H2,1H3. The summed E-state index contributed by atoms with van der Waals surface area (Å²) in [7, 11) is 1.67. The molecular formula is C31H36N2O3. The normalized spacial score (nSPS) is 18.8. The van der Waals surface area contributed by atoms with Crippen LogP contribution in [0.5, 0.6) is 5.75 Å². The second-order valence-electron chi connectivity index (χ2n) is 9.84. The molecule has 2 aliphatic rings. The van der Waals surface area contributed by atoms with Crippen molar-refractivity contribution in [1.29, 1.82) is 0 Å². The van der Waals surface area contributed by atoms with E-state index < -0.39 is 0 Å². The van der Waals surface area contributed by atoms with Crippen LogP contribution in [0.1, 0.15) is 39.6 Å². The van der Waals surface area contributed by atoms with E-state index in [2.05, 4.69) is 58.3 Å². The van der Waals surface area contributed by atoms with Gasteiger partial charge in [-0.3, -0.25) is 9.69 Å². The van der Waals surface area contributed by atoms with Crippen molar-refractivity contribution in [3.8, 4) is 5.75 Å². The zero-order valence-corrected chi connectivity index (χ0v) is 21.1. The molecule has 0 radical (unpaired) electrons. The van der Waals surface area contributed by atoms with Crippen LogP contribution >= 0.6 is 0 Å². The Balaban J connectivity index is 1.09. The Hall–Kier alpha value is -2.99. The van der Waals surface area contributed by atoms with Gasteiger partial charge in [0.15, 0.2) is 5.78 Å². The van der Waals surface area contributed by atoms with E-state index in [1.807, 2.05) is 30.3 Å². The largest absolute Gasteiger partial charge is 0.497 e. The number of carbonyl (C=O) groups is 1. The Morgan fingerprint density at radius 1 is 0.861 bits per heavy atom. The minimum absolute atomic E-state index is 0.0474. The molecular weight excluding hydrogens is 448 g/mol. The molecule has 1 atom stereocenters. The average Bonchev–Trinajstić information content (AvgIpc) is 2.94. The molecule has 1 aliphatic carbocycles. The number of hydrogen-bond acceptors (Lipinski definition) is 5. The molecule has 0 saturated carbocycles. The highest BCUT2D eigenvalue weighted by atomic mass is 16.5. The lowest BCUT2D eigenvalue weighted by atomic mass is 9.82. The van der Waals surface area contributed by atoms with E-state index in [1.54, 1.807) is 7.11 Å². The first-order chi connectivity index (χ1) is 17.7. The predicted molar refractivity (Wildman–Crippen MR) is 143 cm³/mol. The summed E-state index contributed by atoms with van der Waals surface area (Å²) in [5.74, 6) is 1.22. The molecule has 3 aromatic carbocycles. The minimum Gasteiger partial charge on any atom is -0.497 e. The molecule has 5 nitrogen and oxygen atoms in total. The van der Waals surface area contributed by atoms with Gasteiger partial charge in [0.2, 0.25) is 0 Å². The fourth-order valence-corrected chi connectivity index (χ4v) is 5.45. The lowest BCUT2D eigenvalue weighted by Gasteiger charge is -2.37. The molecule has 1 saturated heterocycles. The summed E-state index contributed by atoms with van der Waals surface area (Å²) in [4.78, 5) is 18.0. The number of carbonyl (C=O) groups excluding carboxylic acids is 1. The average molecular weight is 485 g/mol. The third-order valence-electron chi connectivity index (χ3n) is 7.55. The van der Waals surface area contributed by atoms with Gasteiger partial charge < -0.3 is 14.4 Å². The van der Waals surface area contributed by atoms with Crippen molar-refractivity contribution in [1.82, 2.24) is 9.80 Å². The maximum absolute atomic E-state index is 13.1. The summed E-state index contributed by atoms with van der Waals surface area (Å²) in [5.41, 5.74) is 4.38. The van der Waals surface area contributed by atoms with E-state index in [4.69, 9.17) is 9.47 Å². The molecule has 0 N–H and O–H groups in total. The number of piperazine rings is 1. The number of ketones is 1. The van der Waals surface area contributed by atoms with Crippen LogP contribution in [0.2, 0.25) is 0 Å². The second-order valence-corrected chi connectivity index (χ2v) is 9.84. The second kappa shape index (κ2) is 11.8. The van der Waals surface area contributed by atoms with Crippen LogP contribution in [-0.2, 0) is 11.2 Å². The number of benzene rings is 3. The number of rotatable bonds is 9. The van der Waals surface area contributed by atoms with Crippen molar-refractivity contribution < 1.29 is 14.3 Å². The van der Waals surface area contributed by atoms with Crippen LogP contribution in [0.25, 0.3) is 0 Å². The highest BCUT2D eigenvalue weighted by molar-refractivity contribution is 6.00. The molecule has 36 heavy (non-hydrogen) atoms. The van der Waals surface area contributed by atoms with Crippen molar-refractivity contribution in [3.05, 3.63) is 101 Å². The summed E-state index contributed by atoms with van der Waals surface area (Å²) in [6.45, 7) is 6.50. The smallest absolute Gasteiger partial charge is 0.167 e. The Morgan fingerprint density at radius 2 is 1.50 bits per heavy atom. The number of nitrogens with zero attached hydrogens (tertiary/aromatic N) is 2. The van der Waals surface area contributed by atoms with Gasteiger partial charge in [0.05, 0.1) is 13.7 Å². The third-order valence-corrected chi connectivity index (χ3v) is 7.55. The number of fused-ring (bicyclic) bond motifs is 1. The summed E-state index contributed by atoms with van der Waals surface area (Å²) >= 11 is 0. The predicted octanol–water partition coefficient (Wildman–Crippen LogP) is 4.86. The van der Waals surface area contributed by atoms with E-state index in [1.165, 1.54) is 11.1 Å². The summed E-state index contributed by atoms with van der Waals surface area (Å²) in [6, 6.07) is 26.8. The third kappa shape index (κ3) is 5.86. The van der Waals surface area contributed by atoms with Gasteiger partial charge in [-0.05, 0) is 47.7 Å². The molecule has 5 rings (SSSR count). The first-order valence-corrected chi connectivity index (χ1v) is 13.1. The van der Waals surface area contributed by atoms with Gasteiger partial charge in [-0.15, -0.1) is 0 Å². The molecule has 0 amide bonds. The summed E-state index contributed by atoms with van der Waals surface area (Å²) in [5, 5.41) is 0. The van der Waals surface area contributed by atoms with Gasteiger partial charge in [-0.25, -0.2) is 0 Å². The summed E-state index contributed by atoms with van der Waals surface area (Å²) in [6.07, 6.45) is 1.83. The van der Waals surface area contributed by atoms with E-state index >= 15 is 0 Å². The van der Waals surface area contributed by atoms with E-state index in [0.29, 0.717) is 12.4 Å². The number of methoxy groups -OCH3 is 1. The first kappa shape index (κ1) is 24.7. The maximum Gasteiger partial charge on any atom is 0.167 e. The Labute approximate surface area is 214 Å². The van der Waals surface area contributed by atoms with Gasteiger partial charge in [0.1, 0.15) is 11.9 Å². The Morgan fingerprint density at radius 3 is 2.14 bits per heavy atom. The van der Waals surface area contributed by atoms with E-state index in [-0.39, 0.29) is 12.0 Å². The SMILES string of the molecule is COc1ccc2c(c1)CCC(CN1CCN(CCOC(c3ccccc3)c3ccccc3)CC1)C2=O. The molecule has 0 spiro atoms. The molecule has 1 unspecified atom stereocenters. The summed E-state index contributed by atoms with van der Waals surface area (Å²) < 4.78 is 11.7. The maximum atomic E-state index is 13.1. The van der Waals surface area contributed by atoms with Gasteiger partial charge in [-0.1, -0.05) is 60.7 Å². The van der Waals surface area contributed by atoms with Crippen LogP contribution in [-0.4, -0.2) is 68.6 Å². The quantitative estimate of drug-likeness (QED) is 0.434. The van der Waals surface area contributed by atoms with Crippen LogP contribution in [0, 0.1) is 5.92 Å². The van der Waals surface area contributed by atoms with Crippen LogP contribution in [0.4, 0.5) is 0 Å². The van der Waals surface area contributed by atoms with Gasteiger partial charge in [0.25, 0.3) is 0 Å². The highest BCUT2D eigenvalue weighted by Gasteiger charge is 2.30. The number of Topliss-reactive ketones (excluding diaryl/α,β-unsaturated/α-hetero) is 1. The first-order valence-electron chi connectivity index (χ1n) is 13.1. The lowest BCUT2D eigenvalue weighted by molar-refractivity contribution is 0.0422. The van der Waals surface area contributed by atoms with E-state index in [9.17, 15) is 4.79 Å². The molecule has 188 valence electrons. The highest BCUT2D eigenvalue weighted by Crippen LogP contribution is 2.29. The van der Waals surface area contributed by atoms with E-state index in [0.717, 1.165) is 69.0 Å². The fourth-order valence-electron chi connectivity index (χ4n) is 5.45. The molecule has 1 heterocycles. The van der Waals surface area contributed by atoms with Crippen molar-refractivity contribution in [2.24, 2.45) is 5.92 Å². The number of ether oxygens (including phenoxy) is 2. The molecule has 1 aliphatic heterocycles. The fraction of sp³-hybridized carbons (Fsp3) is 0.387. The van der Waals surface area contributed by atoms with Gasteiger partial charge in [-0.2, -0.15) is 0 Å². The van der Waals surface area contributed by atoms with Crippen molar-refractivity contribution >= 4 is 5.78 Å². The molecule has 0 bridgehead atoms. The van der Waals surface area contributed by atoms with Gasteiger partial charge >= 0.3 is 0 Å². The van der Waals surface area contributed by atoms with Crippen molar-refractivity contribution in [2.45, 2.75) is 18.9 Å². The zero-order chi connectivity index (χ0) is 24.7. The minimum atomic E-state index is -0.0474. The van der Waals surface area contributed by atoms with Crippen LogP contribution in [0.15, 0.2) is 78.9 Å². The van der Waals surface area contributed by atoms with Crippen LogP contribution in [0.3, 0.4) is 0 Å². The topological polar surface area (TPSA) is 42.0 Å². The lowest BCUT2D eigenvalue weighted by Crippen LogP contribution is -2.49. The van der Waals surface area contributed by atoms with Gasteiger partial charge in [0, 0.05) is 50.7 Å². The number of aryl methyl sites for hydroxylation is 1. The number of hydrogen-bond donors (Lipinski definition) is 0. The Kier molecular flexibility index (Phi) is 8.11. The van der Waals surface area contributed by atoms with Crippen molar-refractivity contribution in [2.75, 3.05) is 53.0 Å². The van der Waals surface area contributed by atoms with Crippen molar-refractivity contribution in [3.63, 3.8) is 0 Å². The zero-order valence-electron chi connectivity index (χ0n) is 21.1. The molecule has 3 aromatic rings. The molecule has 1 fully saturated rings. The molecule has 0 aromatic heterocycles. The Bertz CT molecular complexity index is 1090. The molecule has 5 heteroatoms. The monoisotopic (exact) mass is 484 g/mol. The van der Waals surface area contributed by atoms with Crippen LogP contribution < -0.4 is 4.74 Å².